The predicted molar refractivity (Wildman–Crippen MR) is 115 cm³/mol. The van der Waals surface area contributed by atoms with E-state index in [1.807, 2.05) is 50.2 Å². The second-order valence-electron chi connectivity index (χ2n) is 6.28. The topological polar surface area (TPSA) is 84.2 Å². The Hall–Kier alpha value is -3.24. The van der Waals surface area contributed by atoms with Gasteiger partial charge in [-0.1, -0.05) is 17.8 Å². The second kappa shape index (κ2) is 9.30. The number of rotatable bonds is 7. The molecule has 0 radical (unpaired) electrons. The van der Waals surface area contributed by atoms with Crippen LogP contribution in [0.5, 0.6) is 11.5 Å². The fraction of sp³-hybridized carbons (Fsp3) is 0.227. The van der Waals surface area contributed by atoms with Gasteiger partial charge >= 0.3 is 0 Å². The Kier molecular flexibility index (Phi) is 6.57. The summed E-state index contributed by atoms with van der Waals surface area (Å²) in [4.78, 5) is 17.0. The highest BCUT2D eigenvalue weighted by Gasteiger charge is 2.13. The van der Waals surface area contributed by atoms with E-state index in [2.05, 4.69) is 16.4 Å². The van der Waals surface area contributed by atoms with Crippen molar-refractivity contribution in [2.75, 3.05) is 24.8 Å². The smallest absolute Gasteiger partial charge is 0.234 e. The number of carbonyl (C=O) groups is 1. The summed E-state index contributed by atoms with van der Waals surface area (Å²) in [5.74, 6) is 1.26. The lowest BCUT2D eigenvalue weighted by Crippen LogP contribution is -2.15. The Bertz CT molecular complexity index is 1090. The van der Waals surface area contributed by atoms with Gasteiger partial charge in [0.05, 0.1) is 36.2 Å². The molecule has 1 heterocycles. The molecule has 3 rings (SSSR count). The SMILES string of the molecule is CCOc1ccc2nc(SCC(=O)Nc3cc(C)ccc3OC)c(C#N)cc2c1. The molecule has 0 saturated heterocycles. The number of benzene rings is 2. The van der Waals surface area contributed by atoms with Gasteiger partial charge in [-0.3, -0.25) is 4.79 Å². The van der Waals surface area contributed by atoms with Crippen LogP contribution in [-0.4, -0.2) is 30.4 Å². The molecule has 29 heavy (non-hydrogen) atoms. The summed E-state index contributed by atoms with van der Waals surface area (Å²) in [6.45, 7) is 4.43. The van der Waals surface area contributed by atoms with Crippen molar-refractivity contribution in [1.29, 1.82) is 5.26 Å². The third kappa shape index (κ3) is 4.98. The van der Waals surface area contributed by atoms with Crippen molar-refractivity contribution in [1.82, 2.24) is 4.98 Å². The molecular weight excluding hydrogens is 386 g/mol. The lowest BCUT2D eigenvalue weighted by Gasteiger charge is -2.11. The van der Waals surface area contributed by atoms with Gasteiger partial charge in [-0.25, -0.2) is 4.98 Å². The number of amides is 1. The number of nitrogens with zero attached hydrogens (tertiary/aromatic N) is 2. The van der Waals surface area contributed by atoms with Crippen molar-refractivity contribution in [2.24, 2.45) is 0 Å². The molecule has 3 aromatic rings. The zero-order valence-corrected chi connectivity index (χ0v) is 17.3. The van der Waals surface area contributed by atoms with Crippen LogP contribution in [0.3, 0.4) is 0 Å². The number of fused-ring (bicyclic) bond motifs is 1. The molecule has 6 nitrogen and oxygen atoms in total. The Balaban J connectivity index is 1.76. The third-order valence-corrected chi connectivity index (χ3v) is 5.14. The Morgan fingerprint density at radius 2 is 2.07 bits per heavy atom. The number of pyridine rings is 1. The number of hydrogen-bond acceptors (Lipinski definition) is 6. The largest absolute Gasteiger partial charge is 0.495 e. The average molecular weight is 407 g/mol. The molecule has 0 spiro atoms. The van der Waals surface area contributed by atoms with Gasteiger partial charge in [0.25, 0.3) is 0 Å². The first-order valence-electron chi connectivity index (χ1n) is 9.09. The highest BCUT2D eigenvalue weighted by atomic mass is 32.2. The predicted octanol–water partition coefficient (Wildman–Crippen LogP) is 4.55. The second-order valence-corrected chi connectivity index (χ2v) is 7.25. The molecule has 0 saturated carbocycles. The molecule has 0 aliphatic carbocycles. The molecule has 1 N–H and O–H groups in total. The molecule has 148 valence electrons. The summed E-state index contributed by atoms with van der Waals surface area (Å²) < 4.78 is 10.8. The lowest BCUT2D eigenvalue weighted by atomic mass is 10.1. The van der Waals surface area contributed by atoms with Crippen LogP contribution in [0.4, 0.5) is 5.69 Å². The van der Waals surface area contributed by atoms with E-state index in [9.17, 15) is 10.1 Å². The van der Waals surface area contributed by atoms with Crippen molar-refractivity contribution >= 4 is 34.3 Å². The van der Waals surface area contributed by atoms with Gasteiger partial charge in [-0.15, -0.1) is 0 Å². The summed E-state index contributed by atoms with van der Waals surface area (Å²) >= 11 is 1.23. The number of aromatic nitrogens is 1. The number of carbonyl (C=O) groups excluding carboxylic acids is 1. The molecule has 7 heteroatoms. The maximum Gasteiger partial charge on any atom is 0.234 e. The van der Waals surface area contributed by atoms with Crippen molar-refractivity contribution < 1.29 is 14.3 Å². The number of nitrogens with one attached hydrogen (secondary N) is 1. The maximum absolute atomic E-state index is 12.4. The first-order valence-corrected chi connectivity index (χ1v) is 10.1. The maximum atomic E-state index is 12.4. The van der Waals surface area contributed by atoms with E-state index in [-0.39, 0.29) is 11.7 Å². The van der Waals surface area contributed by atoms with Crippen LogP contribution >= 0.6 is 11.8 Å². The highest BCUT2D eigenvalue weighted by Crippen LogP contribution is 2.28. The molecule has 1 amide bonds. The minimum absolute atomic E-state index is 0.126. The molecule has 0 atom stereocenters. The number of aryl methyl sites for hydroxylation is 1. The van der Waals surface area contributed by atoms with Crippen molar-refractivity contribution in [2.45, 2.75) is 18.9 Å². The highest BCUT2D eigenvalue weighted by molar-refractivity contribution is 8.00. The van der Waals surface area contributed by atoms with Crippen LogP contribution in [0.2, 0.25) is 0 Å². The summed E-state index contributed by atoms with van der Waals surface area (Å²) in [7, 11) is 1.56. The number of anilines is 1. The van der Waals surface area contributed by atoms with Crippen LogP contribution < -0.4 is 14.8 Å². The average Bonchev–Trinajstić information content (AvgIpc) is 2.72. The van der Waals surface area contributed by atoms with Crippen molar-refractivity contribution in [3.8, 4) is 17.6 Å². The Labute approximate surface area is 173 Å². The van der Waals surface area contributed by atoms with E-state index in [4.69, 9.17) is 9.47 Å². The van der Waals surface area contributed by atoms with Crippen molar-refractivity contribution in [3.63, 3.8) is 0 Å². The number of thioether (sulfide) groups is 1. The molecule has 2 aromatic carbocycles. The quantitative estimate of drug-likeness (QED) is 0.578. The molecule has 0 fully saturated rings. The number of nitriles is 1. The summed E-state index contributed by atoms with van der Waals surface area (Å²) in [5, 5.41) is 13.7. The molecule has 0 bridgehead atoms. The van der Waals surface area contributed by atoms with Gasteiger partial charge in [0.1, 0.15) is 22.6 Å². The van der Waals surface area contributed by atoms with Crippen LogP contribution in [0, 0.1) is 18.3 Å². The summed E-state index contributed by atoms with van der Waals surface area (Å²) in [6, 6.07) is 15.1. The normalized spacial score (nSPS) is 10.4. The first-order chi connectivity index (χ1) is 14.0. The van der Waals surface area contributed by atoms with Gasteiger partial charge in [0, 0.05) is 5.39 Å². The summed E-state index contributed by atoms with van der Waals surface area (Å²) in [5.41, 5.74) is 2.81. The molecular formula is C22H21N3O3S. The Morgan fingerprint density at radius 1 is 1.24 bits per heavy atom. The zero-order valence-electron chi connectivity index (χ0n) is 16.5. The first kappa shape index (κ1) is 20.5. The molecule has 0 aliphatic rings. The zero-order chi connectivity index (χ0) is 20.8. The lowest BCUT2D eigenvalue weighted by molar-refractivity contribution is -0.113. The molecule has 1 aromatic heterocycles. The number of ether oxygens (including phenoxy) is 2. The monoisotopic (exact) mass is 407 g/mol. The minimum atomic E-state index is -0.198. The van der Waals surface area contributed by atoms with E-state index < -0.39 is 0 Å². The van der Waals surface area contributed by atoms with Crippen LogP contribution in [0.1, 0.15) is 18.1 Å². The minimum Gasteiger partial charge on any atom is -0.495 e. The van der Waals surface area contributed by atoms with E-state index >= 15 is 0 Å². The van der Waals surface area contributed by atoms with Crippen LogP contribution in [0.15, 0.2) is 47.5 Å². The molecule has 0 aliphatic heterocycles. The Morgan fingerprint density at radius 3 is 2.79 bits per heavy atom. The van der Waals surface area contributed by atoms with E-state index in [0.717, 1.165) is 22.2 Å². The van der Waals surface area contributed by atoms with E-state index in [1.165, 1.54) is 11.8 Å². The fourth-order valence-corrected chi connectivity index (χ4v) is 3.59. The third-order valence-electron chi connectivity index (χ3n) is 4.15. The summed E-state index contributed by atoms with van der Waals surface area (Å²) in [6.07, 6.45) is 0. The van der Waals surface area contributed by atoms with E-state index in [0.29, 0.717) is 28.6 Å². The fourth-order valence-electron chi connectivity index (χ4n) is 2.82. The number of hydrogen-bond donors (Lipinski definition) is 1. The van der Waals surface area contributed by atoms with Crippen LogP contribution in [0.25, 0.3) is 10.9 Å². The number of methoxy groups -OCH3 is 1. The van der Waals surface area contributed by atoms with E-state index in [1.54, 1.807) is 13.2 Å². The van der Waals surface area contributed by atoms with Gasteiger partial charge < -0.3 is 14.8 Å². The van der Waals surface area contributed by atoms with Gasteiger partial charge in [0.2, 0.25) is 5.91 Å². The van der Waals surface area contributed by atoms with Crippen molar-refractivity contribution in [3.05, 3.63) is 53.6 Å². The van der Waals surface area contributed by atoms with Gasteiger partial charge in [-0.2, -0.15) is 5.26 Å². The van der Waals surface area contributed by atoms with Crippen LogP contribution in [-0.2, 0) is 4.79 Å². The standard InChI is InChI=1S/C22H21N3O3S/c1-4-28-17-6-7-18-15(11-17)10-16(12-23)22(25-18)29-13-21(26)24-19-9-14(2)5-8-20(19)27-3/h5-11H,4,13H2,1-3H3,(H,24,26). The van der Waals surface area contributed by atoms with Gasteiger partial charge in [0.15, 0.2) is 0 Å². The molecule has 0 unspecified atom stereocenters. The van der Waals surface area contributed by atoms with Gasteiger partial charge in [-0.05, 0) is 55.8 Å².